The second kappa shape index (κ2) is 6.26. The Morgan fingerprint density at radius 3 is 2.73 bits per heavy atom. The minimum atomic E-state index is -0.624. The first-order chi connectivity index (χ1) is 10.8. The lowest BCUT2D eigenvalue weighted by atomic mass is 10.0. The van der Waals surface area contributed by atoms with Gasteiger partial charge in [0.05, 0.1) is 0 Å². The molecule has 0 spiro atoms. The van der Waals surface area contributed by atoms with E-state index < -0.39 is 6.10 Å². The summed E-state index contributed by atoms with van der Waals surface area (Å²) in [5.74, 6) is 0. The highest BCUT2D eigenvalue weighted by Crippen LogP contribution is 2.31. The number of rotatable bonds is 3. The third-order valence-electron chi connectivity index (χ3n) is 3.47. The number of nitrogens with one attached hydrogen (secondary N) is 1. The normalized spacial score (nSPS) is 18.6. The highest BCUT2D eigenvalue weighted by atomic mass is 16.5. The van der Waals surface area contributed by atoms with Crippen LogP contribution in [-0.4, -0.2) is 12.3 Å². The average Bonchev–Trinajstić information content (AvgIpc) is 2.55. The summed E-state index contributed by atoms with van der Waals surface area (Å²) in [5.41, 5.74) is 3.78. The lowest BCUT2D eigenvalue weighted by Crippen LogP contribution is -2.27. The van der Waals surface area contributed by atoms with Crippen molar-refractivity contribution in [2.75, 3.05) is 5.32 Å². The Labute approximate surface area is 129 Å². The minimum absolute atomic E-state index is 0.322. The van der Waals surface area contributed by atoms with Crippen LogP contribution >= 0.6 is 0 Å². The fourth-order valence-corrected chi connectivity index (χ4v) is 2.40. The number of carbonyl (C=O) groups excluding carboxylic acids is 1. The largest absolute Gasteiger partial charge is 0.449 e. The first-order valence-corrected chi connectivity index (χ1v) is 7.06. The molecule has 22 heavy (non-hydrogen) atoms. The quantitative estimate of drug-likeness (QED) is 0.877. The van der Waals surface area contributed by atoms with E-state index in [2.05, 4.69) is 10.3 Å². The molecule has 2 aromatic rings. The third-order valence-corrected chi connectivity index (χ3v) is 3.47. The number of fused-ring (bicyclic) bond motifs is 1. The Kier molecular flexibility index (Phi) is 4.01. The van der Waals surface area contributed by atoms with Crippen molar-refractivity contribution in [1.29, 1.82) is 0 Å². The highest BCUT2D eigenvalue weighted by molar-refractivity contribution is 5.95. The van der Waals surface area contributed by atoms with Gasteiger partial charge in [-0.1, -0.05) is 42.5 Å². The topological polar surface area (TPSA) is 50.7 Å². The van der Waals surface area contributed by atoms with Gasteiger partial charge in [-0.3, -0.25) is 4.79 Å². The van der Waals surface area contributed by atoms with Crippen molar-refractivity contribution in [3.63, 3.8) is 0 Å². The number of ether oxygens (including phenoxy) is 1. The number of carbonyl (C=O) groups is 1. The number of benzene rings is 2. The van der Waals surface area contributed by atoms with E-state index in [1.165, 1.54) is 0 Å². The molecule has 0 saturated heterocycles. The predicted molar refractivity (Wildman–Crippen MR) is 87.6 cm³/mol. The van der Waals surface area contributed by atoms with E-state index >= 15 is 0 Å². The molecule has 110 valence electrons. The molecular weight excluding hydrogens is 276 g/mol. The van der Waals surface area contributed by atoms with E-state index in [0.29, 0.717) is 6.02 Å². The van der Waals surface area contributed by atoms with Crippen LogP contribution in [-0.2, 0) is 9.53 Å². The van der Waals surface area contributed by atoms with Crippen LogP contribution in [0.4, 0.5) is 5.69 Å². The average molecular weight is 292 g/mol. The van der Waals surface area contributed by atoms with Gasteiger partial charge in [-0.2, -0.15) is 0 Å². The van der Waals surface area contributed by atoms with Crippen LogP contribution in [0.1, 0.15) is 22.8 Å². The van der Waals surface area contributed by atoms with Gasteiger partial charge >= 0.3 is 0 Å². The Morgan fingerprint density at radius 1 is 1.14 bits per heavy atom. The van der Waals surface area contributed by atoms with Crippen LogP contribution in [0.3, 0.4) is 0 Å². The SMILES string of the molecule is Cc1cccc2c1C(C=O)OC(=NC=Cc1ccccc1)N2. The Balaban J connectivity index is 1.84. The summed E-state index contributed by atoms with van der Waals surface area (Å²) in [6, 6.07) is 16.0. The number of amidine groups is 1. The van der Waals surface area contributed by atoms with Gasteiger partial charge in [0.2, 0.25) is 0 Å². The van der Waals surface area contributed by atoms with E-state index in [9.17, 15) is 4.79 Å². The van der Waals surface area contributed by atoms with E-state index in [4.69, 9.17) is 4.74 Å². The second-order valence-corrected chi connectivity index (χ2v) is 5.00. The number of anilines is 1. The van der Waals surface area contributed by atoms with Gasteiger partial charge in [0.25, 0.3) is 6.02 Å². The van der Waals surface area contributed by atoms with Gasteiger partial charge in [-0.05, 0) is 30.2 Å². The van der Waals surface area contributed by atoms with Crippen molar-refractivity contribution < 1.29 is 9.53 Å². The van der Waals surface area contributed by atoms with Crippen LogP contribution in [0.2, 0.25) is 0 Å². The summed E-state index contributed by atoms with van der Waals surface area (Å²) in [6.45, 7) is 1.96. The number of hydrogen-bond acceptors (Lipinski definition) is 3. The Hall–Kier alpha value is -2.88. The fourth-order valence-electron chi connectivity index (χ4n) is 2.40. The molecule has 0 amide bonds. The van der Waals surface area contributed by atoms with Crippen molar-refractivity contribution in [3.8, 4) is 0 Å². The lowest BCUT2D eigenvalue weighted by Gasteiger charge is -2.26. The molecule has 1 aliphatic heterocycles. The van der Waals surface area contributed by atoms with Gasteiger partial charge in [0.1, 0.15) is 0 Å². The molecule has 4 nitrogen and oxygen atoms in total. The molecule has 3 rings (SSSR count). The molecule has 0 aromatic heterocycles. The van der Waals surface area contributed by atoms with Gasteiger partial charge in [-0.15, -0.1) is 0 Å². The zero-order valence-corrected chi connectivity index (χ0v) is 12.2. The maximum atomic E-state index is 11.3. The summed E-state index contributed by atoms with van der Waals surface area (Å²) in [4.78, 5) is 15.5. The van der Waals surface area contributed by atoms with Gasteiger partial charge in [0, 0.05) is 17.5 Å². The lowest BCUT2D eigenvalue weighted by molar-refractivity contribution is -0.114. The van der Waals surface area contributed by atoms with Crippen LogP contribution in [0.25, 0.3) is 6.08 Å². The summed E-state index contributed by atoms with van der Waals surface area (Å²) >= 11 is 0. The molecule has 0 aliphatic carbocycles. The van der Waals surface area contributed by atoms with Crippen LogP contribution in [0.15, 0.2) is 59.7 Å². The van der Waals surface area contributed by atoms with Crippen molar-refractivity contribution in [2.24, 2.45) is 4.99 Å². The first kappa shape index (κ1) is 14.1. The number of nitrogens with zero attached hydrogens (tertiary/aromatic N) is 1. The standard InChI is InChI=1S/C18H16N2O2/c1-13-6-5-9-15-17(13)16(12-21)22-18(20-15)19-11-10-14-7-3-2-4-8-14/h2-12,16H,1H3,(H,19,20). The van der Waals surface area contributed by atoms with Crippen molar-refractivity contribution in [2.45, 2.75) is 13.0 Å². The molecule has 1 heterocycles. The summed E-state index contributed by atoms with van der Waals surface area (Å²) < 4.78 is 5.60. The molecular formula is C18H16N2O2. The van der Waals surface area contributed by atoms with Gasteiger partial charge in [0.15, 0.2) is 12.4 Å². The highest BCUT2D eigenvalue weighted by Gasteiger charge is 2.25. The van der Waals surface area contributed by atoms with Crippen molar-refractivity contribution in [3.05, 3.63) is 71.4 Å². The zero-order chi connectivity index (χ0) is 15.4. The number of aldehydes is 1. The maximum Gasteiger partial charge on any atom is 0.294 e. The smallest absolute Gasteiger partial charge is 0.294 e. The van der Waals surface area contributed by atoms with Crippen LogP contribution in [0, 0.1) is 6.92 Å². The van der Waals surface area contributed by atoms with Crippen LogP contribution in [0.5, 0.6) is 0 Å². The van der Waals surface area contributed by atoms with E-state index in [1.54, 1.807) is 6.20 Å². The molecule has 0 radical (unpaired) electrons. The van der Waals surface area contributed by atoms with E-state index in [0.717, 1.165) is 28.7 Å². The first-order valence-electron chi connectivity index (χ1n) is 7.06. The van der Waals surface area contributed by atoms with Gasteiger partial charge < -0.3 is 10.1 Å². The number of hydrogen-bond donors (Lipinski definition) is 1. The number of aryl methyl sites for hydroxylation is 1. The molecule has 1 atom stereocenters. The summed E-state index contributed by atoms with van der Waals surface area (Å²) in [7, 11) is 0. The molecule has 0 fully saturated rings. The maximum absolute atomic E-state index is 11.3. The number of aliphatic imine (C=N–C) groups is 1. The van der Waals surface area contributed by atoms with Gasteiger partial charge in [-0.25, -0.2) is 4.99 Å². The van der Waals surface area contributed by atoms with Crippen LogP contribution < -0.4 is 5.32 Å². The van der Waals surface area contributed by atoms with Crippen molar-refractivity contribution in [1.82, 2.24) is 0 Å². The fraction of sp³-hybridized carbons (Fsp3) is 0.111. The molecule has 0 bridgehead atoms. The molecule has 1 N–H and O–H groups in total. The van der Waals surface area contributed by atoms with E-state index in [1.807, 2.05) is 61.5 Å². The summed E-state index contributed by atoms with van der Waals surface area (Å²) in [5, 5.41) is 3.11. The monoisotopic (exact) mass is 292 g/mol. The minimum Gasteiger partial charge on any atom is -0.449 e. The second-order valence-electron chi connectivity index (χ2n) is 5.00. The third kappa shape index (κ3) is 2.91. The molecule has 2 aromatic carbocycles. The Bertz CT molecular complexity index is 736. The predicted octanol–water partition coefficient (Wildman–Crippen LogP) is 3.70. The van der Waals surface area contributed by atoms with Crippen molar-refractivity contribution >= 4 is 24.1 Å². The molecule has 0 saturated carbocycles. The molecule has 1 unspecified atom stereocenters. The Morgan fingerprint density at radius 2 is 1.95 bits per heavy atom. The summed E-state index contributed by atoms with van der Waals surface area (Å²) in [6.07, 6.45) is 3.70. The molecule has 1 aliphatic rings. The van der Waals surface area contributed by atoms with E-state index in [-0.39, 0.29) is 0 Å². The molecule has 4 heteroatoms. The zero-order valence-electron chi connectivity index (χ0n) is 12.2.